The van der Waals surface area contributed by atoms with Crippen LogP contribution in [0.5, 0.6) is 0 Å². The molecule has 0 amide bonds. The lowest BCUT2D eigenvalue weighted by Gasteiger charge is -2.10. The summed E-state index contributed by atoms with van der Waals surface area (Å²) >= 11 is 0. The minimum absolute atomic E-state index is 0.243. The molecule has 1 aliphatic rings. The first-order valence-corrected chi connectivity index (χ1v) is 8.43. The molecule has 2 aromatic rings. The van der Waals surface area contributed by atoms with Crippen LogP contribution >= 0.6 is 0 Å². The zero-order chi connectivity index (χ0) is 15.7. The lowest BCUT2D eigenvalue weighted by atomic mass is 10.3. The summed E-state index contributed by atoms with van der Waals surface area (Å²) in [6, 6.07) is 7.27. The Bertz CT molecular complexity index is 825. The van der Waals surface area contributed by atoms with Crippen molar-refractivity contribution in [2.75, 3.05) is 6.54 Å². The predicted octanol–water partition coefficient (Wildman–Crippen LogP) is 0.911. The standard InChI is InChI=1S/C14H17N4O3S/c1-10-14(11(2)21-17-10)22(19,20)16-7-8-18-9-15-12-5-3-4-6-13(12)18/h3-6,10,16-17H,7-8H2,1-2H3. The Hall–Kier alpha value is -1.90. The third-order valence-electron chi connectivity index (χ3n) is 3.51. The molecule has 0 fully saturated rings. The molecular weight excluding hydrogens is 304 g/mol. The molecule has 0 saturated carbocycles. The molecule has 1 unspecified atom stereocenters. The lowest BCUT2D eigenvalue weighted by Crippen LogP contribution is -2.33. The Balaban J connectivity index is 1.69. The van der Waals surface area contributed by atoms with Crippen LogP contribution in [0, 0.1) is 6.33 Å². The number of imidazole rings is 1. The molecule has 117 valence electrons. The number of allylic oxidation sites excluding steroid dienone is 1. The van der Waals surface area contributed by atoms with Gasteiger partial charge in [-0.1, -0.05) is 12.1 Å². The van der Waals surface area contributed by atoms with E-state index in [1.807, 2.05) is 24.3 Å². The molecule has 0 aliphatic carbocycles. The molecule has 2 N–H and O–H groups in total. The molecular formula is C14H17N4O3S. The van der Waals surface area contributed by atoms with Crippen molar-refractivity contribution in [2.45, 2.75) is 26.4 Å². The summed E-state index contributed by atoms with van der Waals surface area (Å²) in [6.45, 7) is 4.07. The molecule has 0 bridgehead atoms. The third kappa shape index (κ3) is 2.72. The number of hydrogen-bond acceptors (Lipinski definition) is 5. The summed E-state index contributed by atoms with van der Waals surface area (Å²) in [5, 5.41) is 0. The fraction of sp³-hybridized carbons (Fsp3) is 0.357. The average Bonchev–Trinajstić information content (AvgIpc) is 3.03. The normalized spacial score (nSPS) is 18.9. The van der Waals surface area contributed by atoms with Gasteiger partial charge >= 0.3 is 0 Å². The summed E-state index contributed by atoms with van der Waals surface area (Å²) in [6.07, 6.45) is 2.87. The van der Waals surface area contributed by atoms with Crippen LogP contribution in [-0.4, -0.2) is 30.6 Å². The van der Waals surface area contributed by atoms with Crippen LogP contribution in [-0.2, 0) is 21.4 Å². The molecule has 0 spiro atoms. The Morgan fingerprint density at radius 3 is 2.95 bits per heavy atom. The summed E-state index contributed by atoms with van der Waals surface area (Å²) < 4.78 is 29.0. The largest absolute Gasteiger partial charge is 0.412 e. The van der Waals surface area contributed by atoms with Crippen molar-refractivity contribution < 1.29 is 13.3 Å². The van der Waals surface area contributed by atoms with Gasteiger partial charge in [0.1, 0.15) is 10.7 Å². The quantitative estimate of drug-likeness (QED) is 0.855. The van der Waals surface area contributed by atoms with E-state index in [9.17, 15) is 8.42 Å². The van der Waals surface area contributed by atoms with Gasteiger partial charge in [-0.05, 0) is 26.0 Å². The maximum Gasteiger partial charge on any atom is 0.241 e. The first kappa shape index (κ1) is 15.0. The first-order chi connectivity index (χ1) is 10.5. The number of rotatable bonds is 5. The van der Waals surface area contributed by atoms with Gasteiger partial charge in [-0.25, -0.2) is 18.1 Å². The van der Waals surface area contributed by atoms with Crippen LogP contribution in [0.2, 0.25) is 0 Å². The van der Waals surface area contributed by atoms with Crippen LogP contribution in [0.1, 0.15) is 13.8 Å². The fourth-order valence-corrected chi connectivity index (χ4v) is 3.95. The Morgan fingerprint density at radius 1 is 1.45 bits per heavy atom. The van der Waals surface area contributed by atoms with Crippen molar-refractivity contribution in [3.63, 3.8) is 0 Å². The zero-order valence-corrected chi connectivity index (χ0v) is 13.1. The smallest absolute Gasteiger partial charge is 0.241 e. The van der Waals surface area contributed by atoms with Gasteiger partial charge in [0.15, 0.2) is 6.33 Å². The highest BCUT2D eigenvalue weighted by Crippen LogP contribution is 2.21. The van der Waals surface area contributed by atoms with Crippen LogP contribution in [0.3, 0.4) is 0 Å². The molecule has 1 radical (unpaired) electrons. The van der Waals surface area contributed by atoms with E-state index in [1.54, 1.807) is 18.4 Å². The van der Waals surface area contributed by atoms with Crippen LogP contribution in [0.4, 0.5) is 0 Å². The number of hydrogen-bond donors (Lipinski definition) is 2. The number of benzene rings is 1. The van der Waals surface area contributed by atoms with Crippen molar-refractivity contribution in [1.29, 1.82) is 0 Å². The molecule has 3 rings (SSSR count). The molecule has 1 aromatic carbocycles. The van der Waals surface area contributed by atoms with E-state index in [-0.39, 0.29) is 17.5 Å². The highest BCUT2D eigenvalue weighted by Gasteiger charge is 2.31. The zero-order valence-electron chi connectivity index (χ0n) is 12.3. The van der Waals surface area contributed by atoms with E-state index in [0.29, 0.717) is 12.3 Å². The number of nitrogens with zero attached hydrogens (tertiary/aromatic N) is 2. The molecule has 0 saturated heterocycles. The van der Waals surface area contributed by atoms with Gasteiger partial charge in [0.25, 0.3) is 0 Å². The van der Waals surface area contributed by atoms with Crippen molar-refractivity contribution in [3.8, 4) is 0 Å². The SMILES string of the molecule is CC1=C(S(=O)(=O)NCCn2[c]nc3ccccc32)C(C)NO1. The number of fused-ring (bicyclic) bond motifs is 1. The molecule has 2 heterocycles. The van der Waals surface area contributed by atoms with E-state index in [0.717, 1.165) is 11.0 Å². The Labute approximate surface area is 129 Å². The number of para-hydroxylation sites is 2. The van der Waals surface area contributed by atoms with E-state index >= 15 is 0 Å². The van der Waals surface area contributed by atoms with Crippen LogP contribution in [0.25, 0.3) is 11.0 Å². The molecule has 1 aromatic heterocycles. The molecule has 22 heavy (non-hydrogen) atoms. The minimum atomic E-state index is -3.57. The second-order valence-corrected chi connectivity index (χ2v) is 6.85. The number of aromatic nitrogens is 2. The highest BCUT2D eigenvalue weighted by molar-refractivity contribution is 7.93. The van der Waals surface area contributed by atoms with Gasteiger partial charge in [0.05, 0.1) is 17.1 Å². The van der Waals surface area contributed by atoms with Gasteiger partial charge in [0.2, 0.25) is 10.0 Å². The second-order valence-electron chi connectivity index (χ2n) is 5.11. The topological polar surface area (TPSA) is 85.2 Å². The molecule has 8 heteroatoms. The van der Waals surface area contributed by atoms with Gasteiger partial charge < -0.3 is 9.40 Å². The average molecular weight is 321 g/mol. The molecule has 1 aliphatic heterocycles. The Morgan fingerprint density at radius 2 is 2.23 bits per heavy atom. The Kier molecular flexibility index (Phi) is 3.90. The number of hydroxylamine groups is 1. The van der Waals surface area contributed by atoms with Crippen molar-refractivity contribution in [3.05, 3.63) is 41.3 Å². The summed E-state index contributed by atoms with van der Waals surface area (Å²) in [5.74, 6) is 0.375. The second kappa shape index (κ2) is 5.71. The highest BCUT2D eigenvalue weighted by atomic mass is 32.2. The van der Waals surface area contributed by atoms with E-state index in [1.165, 1.54) is 0 Å². The molecule has 7 nitrogen and oxygen atoms in total. The fourth-order valence-electron chi connectivity index (χ4n) is 2.50. The number of nitrogens with one attached hydrogen (secondary N) is 2. The van der Waals surface area contributed by atoms with Crippen molar-refractivity contribution >= 4 is 21.1 Å². The predicted molar refractivity (Wildman–Crippen MR) is 81.9 cm³/mol. The summed E-state index contributed by atoms with van der Waals surface area (Å²) in [5.41, 5.74) is 4.40. The lowest BCUT2D eigenvalue weighted by molar-refractivity contribution is 0.121. The summed E-state index contributed by atoms with van der Waals surface area (Å²) in [7, 11) is -3.57. The van der Waals surface area contributed by atoms with Crippen LogP contribution < -0.4 is 10.2 Å². The summed E-state index contributed by atoms with van der Waals surface area (Å²) in [4.78, 5) is 9.46. The first-order valence-electron chi connectivity index (χ1n) is 6.95. The van der Waals surface area contributed by atoms with Crippen LogP contribution in [0.15, 0.2) is 34.9 Å². The van der Waals surface area contributed by atoms with Gasteiger partial charge in [-0.3, -0.25) is 0 Å². The van der Waals surface area contributed by atoms with Crippen molar-refractivity contribution in [2.24, 2.45) is 0 Å². The number of sulfonamides is 1. The molecule has 1 atom stereocenters. The van der Waals surface area contributed by atoms with E-state index in [4.69, 9.17) is 4.84 Å². The minimum Gasteiger partial charge on any atom is -0.412 e. The van der Waals surface area contributed by atoms with Gasteiger partial charge in [-0.15, -0.1) is 5.48 Å². The third-order valence-corrected chi connectivity index (χ3v) is 5.31. The maximum absolute atomic E-state index is 12.3. The van der Waals surface area contributed by atoms with Gasteiger partial charge in [0, 0.05) is 13.1 Å². The monoisotopic (exact) mass is 321 g/mol. The maximum atomic E-state index is 12.3. The van der Waals surface area contributed by atoms with Crippen molar-refractivity contribution in [1.82, 2.24) is 19.8 Å². The van der Waals surface area contributed by atoms with E-state index < -0.39 is 10.0 Å². The van der Waals surface area contributed by atoms with Gasteiger partial charge in [-0.2, -0.15) is 0 Å². The van der Waals surface area contributed by atoms with E-state index in [2.05, 4.69) is 21.5 Å².